The summed E-state index contributed by atoms with van der Waals surface area (Å²) in [6.07, 6.45) is 4.73. The third-order valence-electron chi connectivity index (χ3n) is 3.33. The Kier molecular flexibility index (Phi) is 4.61. The second-order valence-corrected chi connectivity index (χ2v) is 5.04. The first-order valence-electron chi connectivity index (χ1n) is 6.31. The first-order chi connectivity index (χ1) is 8.72. The molecule has 0 aromatic heterocycles. The van der Waals surface area contributed by atoms with E-state index in [1.165, 1.54) is 0 Å². The van der Waals surface area contributed by atoms with E-state index in [2.05, 4.69) is 0 Å². The van der Waals surface area contributed by atoms with Gasteiger partial charge in [-0.25, -0.2) is 0 Å². The normalized spacial score (nSPS) is 24.3. The number of halogens is 1. The van der Waals surface area contributed by atoms with Gasteiger partial charge < -0.3 is 9.84 Å². The van der Waals surface area contributed by atoms with Crippen molar-refractivity contribution in [1.82, 2.24) is 0 Å². The van der Waals surface area contributed by atoms with Gasteiger partial charge in [0.1, 0.15) is 11.9 Å². The van der Waals surface area contributed by atoms with Crippen LogP contribution in [0.15, 0.2) is 18.2 Å². The first-order valence-corrected chi connectivity index (χ1v) is 6.68. The lowest BCUT2D eigenvalue weighted by atomic mass is 10.1. The number of aliphatic hydroxyl groups excluding tert-OH is 1. The van der Waals surface area contributed by atoms with Gasteiger partial charge in [-0.2, -0.15) is 0 Å². The van der Waals surface area contributed by atoms with Crippen molar-refractivity contribution >= 4 is 17.9 Å². The van der Waals surface area contributed by atoms with E-state index in [9.17, 15) is 9.90 Å². The van der Waals surface area contributed by atoms with E-state index in [-0.39, 0.29) is 6.10 Å². The largest absolute Gasteiger partial charge is 0.487 e. The van der Waals surface area contributed by atoms with E-state index in [1.54, 1.807) is 18.2 Å². The Morgan fingerprint density at radius 3 is 2.83 bits per heavy atom. The number of carbonyl (C=O) groups excluding carboxylic acids is 1. The maximum absolute atomic E-state index is 11.0. The molecule has 1 aromatic carbocycles. The Hall–Kier alpha value is -1.06. The Morgan fingerprint density at radius 1 is 1.28 bits per heavy atom. The van der Waals surface area contributed by atoms with Gasteiger partial charge >= 0.3 is 0 Å². The molecule has 0 amide bonds. The molecule has 1 N–H and O–H groups in total. The van der Waals surface area contributed by atoms with E-state index in [0.29, 0.717) is 22.6 Å². The lowest BCUT2D eigenvalue weighted by Gasteiger charge is -2.23. The standard InChI is InChI=1S/C14H17ClO3/c15-11-5-4-8-13(10(11)9-16)18-14-7-3-1-2-6-12(14)17/h4-5,8-9,12,14,17H,1-3,6-7H2. The second kappa shape index (κ2) is 6.21. The minimum atomic E-state index is -0.467. The van der Waals surface area contributed by atoms with E-state index >= 15 is 0 Å². The molecule has 18 heavy (non-hydrogen) atoms. The minimum Gasteiger partial charge on any atom is -0.487 e. The van der Waals surface area contributed by atoms with Gasteiger partial charge in [-0.05, 0) is 31.4 Å². The van der Waals surface area contributed by atoms with E-state index in [4.69, 9.17) is 16.3 Å². The molecular weight excluding hydrogens is 252 g/mol. The average Bonchev–Trinajstić information content (AvgIpc) is 2.55. The smallest absolute Gasteiger partial charge is 0.155 e. The van der Waals surface area contributed by atoms with Gasteiger partial charge in [0.2, 0.25) is 0 Å². The Bertz CT molecular complexity index is 420. The summed E-state index contributed by atoms with van der Waals surface area (Å²) in [5.41, 5.74) is 0.357. The maximum Gasteiger partial charge on any atom is 0.155 e. The molecule has 1 saturated carbocycles. The number of hydrogen-bond acceptors (Lipinski definition) is 3. The van der Waals surface area contributed by atoms with Crippen molar-refractivity contribution in [3.63, 3.8) is 0 Å². The molecule has 2 unspecified atom stereocenters. The topological polar surface area (TPSA) is 46.5 Å². The summed E-state index contributed by atoms with van der Waals surface area (Å²) in [5.74, 6) is 0.462. The SMILES string of the molecule is O=Cc1c(Cl)cccc1OC1CCCCCC1O. The van der Waals surface area contributed by atoms with Crippen LogP contribution in [0.3, 0.4) is 0 Å². The van der Waals surface area contributed by atoms with Gasteiger partial charge in [-0.15, -0.1) is 0 Å². The molecule has 1 fully saturated rings. The van der Waals surface area contributed by atoms with Crippen LogP contribution in [0.2, 0.25) is 5.02 Å². The molecule has 0 bridgehead atoms. The number of carbonyl (C=O) groups is 1. The summed E-state index contributed by atoms with van der Waals surface area (Å²) in [6.45, 7) is 0. The lowest BCUT2D eigenvalue weighted by Crippen LogP contribution is -2.30. The van der Waals surface area contributed by atoms with E-state index in [0.717, 1.165) is 32.1 Å². The summed E-state index contributed by atoms with van der Waals surface area (Å²) in [7, 11) is 0. The number of aliphatic hydroxyl groups is 1. The van der Waals surface area contributed by atoms with Crippen molar-refractivity contribution in [3.05, 3.63) is 28.8 Å². The van der Waals surface area contributed by atoms with Crippen LogP contribution >= 0.6 is 11.6 Å². The quantitative estimate of drug-likeness (QED) is 0.676. The number of rotatable bonds is 3. The number of ether oxygens (including phenoxy) is 1. The Morgan fingerprint density at radius 2 is 2.06 bits per heavy atom. The van der Waals surface area contributed by atoms with Gasteiger partial charge in [0, 0.05) is 0 Å². The van der Waals surface area contributed by atoms with Crippen molar-refractivity contribution in [3.8, 4) is 5.75 Å². The van der Waals surface area contributed by atoms with Crippen molar-refractivity contribution in [2.24, 2.45) is 0 Å². The van der Waals surface area contributed by atoms with Crippen molar-refractivity contribution in [1.29, 1.82) is 0 Å². The fourth-order valence-electron chi connectivity index (χ4n) is 2.29. The van der Waals surface area contributed by atoms with Crippen LogP contribution in [0.5, 0.6) is 5.75 Å². The van der Waals surface area contributed by atoms with Gasteiger partial charge in [-0.1, -0.05) is 30.5 Å². The zero-order valence-corrected chi connectivity index (χ0v) is 10.9. The zero-order valence-electron chi connectivity index (χ0n) is 10.1. The van der Waals surface area contributed by atoms with Gasteiger partial charge in [0.05, 0.1) is 16.7 Å². The van der Waals surface area contributed by atoms with E-state index in [1.807, 2.05) is 0 Å². The summed E-state index contributed by atoms with van der Waals surface area (Å²) in [4.78, 5) is 11.0. The highest BCUT2D eigenvalue weighted by molar-refractivity contribution is 6.33. The number of aldehydes is 1. The molecule has 0 saturated heterocycles. The van der Waals surface area contributed by atoms with Gasteiger partial charge in [0.25, 0.3) is 0 Å². The van der Waals surface area contributed by atoms with E-state index < -0.39 is 6.10 Å². The molecule has 4 heteroatoms. The number of benzene rings is 1. The molecule has 1 aliphatic rings. The zero-order chi connectivity index (χ0) is 13.0. The Labute approximate surface area is 112 Å². The minimum absolute atomic E-state index is 0.246. The molecule has 0 spiro atoms. The predicted octanol–water partition coefficient (Wildman–Crippen LogP) is 3.22. The van der Waals surface area contributed by atoms with Crippen molar-refractivity contribution in [2.45, 2.75) is 44.3 Å². The summed E-state index contributed by atoms with van der Waals surface area (Å²) >= 11 is 5.94. The fourth-order valence-corrected chi connectivity index (χ4v) is 2.50. The highest BCUT2D eigenvalue weighted by Gasteiger charge is 2.24. The fraction of sp³-hybridized carbons (Fsp3) is 0.500. The summed E-state index contributed by atoms with van der Waals surface area (Å²) < 4.78 is 5.78. The molecule has 0 radical (unpaired) electrons. The summed E-state index contributed by atoms with van der Waals surface area (Å²) in [5, 5.41) is 10.4. The lowest BCUT2D eigenvalue weighted by molar-refractivity contribution is 0.0315. The molecule has 2 rings (SSSR count). The van der Waals surface area contributed by atoms with Crippen LogP contribution in [-0.4, -0.2) is 23.6 Å². The third kappa shape index (κ3) is 3.03. The van der Waals surface area contributed by atoms with Crippen molar-refractivity contribution < 1.29 is 14.6 Å². The predicted molar refractivity (Wildman–Crippen MR) is 70.3 cm³/mol. The molecule has 0 aliphatic heterocycles. The summed E-state index contributed by atoms with van der Waals surface area (Å²) in [6, 6.07) is 5.11. The highest BCUT2D eigenvalue weighted by atomic mass is 35.5. The maximum atomic E-state index is 11.0. The van der Waals surface area contributed by atoms with Crippen LogP contribution in [0, 0.1) is 0 Å². The van der Waals surface area contributed by atoms with Crippen LogP contribution in [0.4, 0.5) is 0 Å². The molecular formula is C14H17ClO3. The van der Waals surface area contributed by atoms with Crippen LogP contribution in [0.25, 0.3) is 0 Å². The average molecular weight is 269 g/mol. The number of hydrogen-bond donors (Lipinski definition) is 1. The molecule has 1 aromatic rings. The monoisotopic (exact) mass is 268 g/mol. The highest BCUT2D eigenvalue weighted by Crippen LogP contribution is 2.28. The third-order valence-corrected chi connectivity index (χ3v) is 3.66. The van der Waals surface area contributed by atoms with Gasteiger partial charge in [-0.3, -0.25) is 4.79 Å². The van der Waals surface area contributed by atoms with Crippen LogP contribution < -0.4 is 4.74 Å². The second-order valence-electron chi connectivity index (χ2n) is 4.63. The Balaban J connectivity index is 2.17. The molecule has 1 aliphatic carbocycles. The molecule has 2 atom stereocenters. The van der Waals surface area contributed by atoms with Crippen molar-refractivity contribution in [2.75, 3.05) is 0 Å². The molecule has 98 valence electrons. The molecule has 3 nitrogen and oxygen atoms in total. The van der Waals surface area contributed by atoms with Crippen LogP contribution in [0.1, 0.15) is 42.5 Å². The van der Waals surface area contributed by atoms with Crippen LogP contribution in [-0.2, 0) is 0 Å². The molecule has 0 heterocycles. The first kappa shape index (κ1) is 13.4. The van der Waals surface area contributed by atoms with Gasteiger partial charge in [0.15, 0.2) is 6.29 Å².